The van der Waals surface area contributed by atoms with Crippen LogP contribution in [0.15, 0.2) is 43.4 Å². The number of nitrogens with one attached hydrogen (secondary N) is 2. The Hall–Kier alpha value is -0.0900. The molecule has 80 heavy (non-hydrogen) atoms. The molecule has 3 aliphatic heterocycles. The molecule has 0 aliphatic carbocycles. The summed E-state index contributed by atoms with van der Waals surface area (Å²) in [6.45, 7) is 30.2. The molecule has 1 aromatic carbocycles. The van der Waals surface area contributed by atoms with Gasteiger partial charge < -0.3 is 13.9 Å². The fraction of sp³-hybridized carbons (Fsp3) is 0.711. The van der Waals surface area contributed by atoms with Crippen LogP contribution in [0.5, 0.6) is 11.6 Å². The molecule has 0 spiro atoms. The molecular weight excluding hydrogens is 1270 g/mol. The Bertz CT molecular complexity index is 2430. The molecule has 5 rings (SSSR count). The summed E-state index contributed by atoms with van der Waals surface area (Å²) in [4.78, 5) is 11.8. The second-order valence-electron chi connectivity index (χ2n) is 15.6. The van der Waals surface area contributed by atoms with Gasteiger partial charge in [-0.25, -0.2) is 38.0 Å². The lowest BCUT2D eigenvalue weighted by Gasteiger charge is -2.21. The van der Waals surface area contributed by atoms with Gasteiger partial charge in [-0.2, -0.15) is 19.3 Å². The third kappa shape index (κ3) is 31.5. The molecule has 4 heterocycles. The van der Waals surface area contributed by atoms with Crippen molar-refractivity contribution in [2.24, 2.45) is 14.3 Å². The molecule has 2 N–H and O–H groups in total. The van der Waals surface area contributed by atoms with Gasteiger partial charge in [0, 0.05) is 65.4 Å². The first kappa shape index (κ1) is 77.9. The van der Waals surface area contributed by atoms with Crippen LogP contribution in [0, 0.1) is 13.8 Å². The summed E-state index contributed by atoms with van der Waals surface area (Å²) in [5.41, 5.74) is 1.84. The molecule has 3 saturated heterocycles. The lowest BCUT2D eigenvalue weighted by molar-refractivity contribution is 0.220. The molecule has 23 nitrogen and oxygen atoms in total. The molecule has 1 aromatic heterocycles. The number of rotatable bonds is 29. The maximum atomic E-state index is 12.5. The number of nitrogens with zero attached hydrogens (tertiary/aromatic N) is 6. The molecule has 0 amide bonds. The Morgan fingerprint density at radius 1 is 0.662 bits per heavy atom. The zero-order valence-electron chi connectivity index (χ0n) is 49.1. The first-order chi connectivity index (χ1) is 37.9. The quantitative estimate of drug-likeness (QED) is 0.0566. The Labute approximate surface area is 506 Å². The number of hydrogen-bond donors (Lipinski definition) is 2. The Morgan fingerprint density at radius 2 is 1.14 bits per heavy atom. The molecule has 3 unspecified atom stereocenters. The second-order valence-corrected chi connectivity index (χ2v) is 32.8. The molecule has 462 valence electrons. The van der Waals surface area contributed by atoms with Crippen molar-refractivity contribution < 1.29 is 68.1 Å². The van der Waals surface area contributed by atoms with Crippen LogP contribution in [0.4, 0.5) is 5.95 Å². The van der Waals surface area contributed by atoms with Gasteiger partial charge in [0.05, 0.1) is 51.3 Å². The average Bonchev–Trinajstić information content (AvgIpc) is 4.04. The number of thioether (sulfide) groups is 7. The van der Waals surface area contributed by atoms with Crippen molar-refractivity contribution in [1.82, 2.24) is 20.1 Å². The van der Waals surface area contributed by atoms with Crippen LogP contribution >= 0.6 is 121 Å². The van der Waals surface area contributed by atoms with Crippen LogP contribution in [-0.2, 0) is 59.0 Å². The highest BCUT2D eigenvalue weighted by Gasteiger charge is 2.30. The van der Waals surface area contributed by atoms with E-state index in [1.54, 1.807) is 137 Å². The van der Waals surface area contributed by atoms with Crippen molar-refractivity contribution in [2.45, 2.75) is 113 Å². The van der Waals surface area contributed by atoms with Gasteiger partial charge in [0.2, 0.25) is 11.8 Å². The molecular formula is C45H85N8O15P5S7. The Balaban J connectivity index is 0.000000504. The maximum Gasteiger partial charge on any atom is 0.459 e. The minimum atomic E-state index is -3.35. The van der Waals surface area contributed by atoms with Gasteiger partial charge in [-0.1, -0.05) is 77.5 Å². The monoisotopic (exact) mass is 1360 g/mol. The zero-order valence-corrected chi connectivity index (χ0v) is 59.2. The van der Waals surface area contributed by atoms with Crippen molar-refractivity contribution in [3.8, 4) is 11.6 Å². The summed E-state index contributed by atoms with van der Waals surface area (Å²) in [6.07, 6.45) is 2.02. The fourth-order valence-corrected chi connectivity index (χ4v) is 19.7. The first-order valence-corrected chi connectivity index (χ1v) is 40.3. The predicted molar refractivity (Wildman–Crippen MR) is 345 cm³/mol. The van der Waals surface area contributed by atoms with Crippen LogP contribution in [0.2, 0.25) is 0 Å². The van der Waals surface area contributed by atoms with Gasteiger partial charge >= 0.3 is 38.7 Å². The van der Waals surface area contributed by atoms with E-state index in [9.17, 15) is 22.8 Å². The topological polar surface area (TPSA) is 268 Å². The molecule has 3 aliphatic rings. The standard InChI is InChI=1S/C13H22NO3PS.C11H21N4O3P.C8H16NO3PS2.C7H14NO3PS2.C6H12NO3PS2/c1-6-16-18(15,14-10(2)3)17-12-7-8-13(19-5)11(4)9-12;1-6-15(7-2)11-13-9(3)8-10(14-11)18-19(16,12-4)17-5;1-4-11-13(10,12-5-2)9-8-14-6-7(3)15-8;1-3-10-12(9,11-4-2)8-7-13-5-6-14-7;1-3-9-11(8,10-4-2)7-6-12-5-13-6/h7-10H,6H2,1-5H3,(H,14,15);8H,6-7H2,1-5H3,(H,12,16);7H,4-6H2,1-3H3;3-6H2,1-2H3;3-5H2,1-2H3. The summed E-state index contributed by atoms with van der Waals surface area (Å²) in [7, 11) is -13.5. The SMILES string of the molecule is CCN(CC)c1nc(C)cc(OP(=O)(NC)OC)n1.CCOP(=O)(N=C1SCC(C)S1)OCC.CCOP(=O)(N=C1SCCS1)OCC.CCOP(=O)(N=C1SCS1)OCC.CCOP(=O)(NC(C)C)Oc1ccc(SC)c(C)c1. The van der Waals surface area contributed by atoms with Crippen LogP contribution in [0.3, 0.4) is 0 Å². The van der Waals surface area contributed by atoms with E-state index in [0.29, 0.717) is 63.2 Å². The lowest BCUT2D eigenvalue weighted by atomic mass is 10.2. The summed E-state index contributed by atoms with van der Waals surface area (Å²) in [6, 6.07) is 7.28. The van der Waals surface area contributed by atoms with Crippen LogP contribution in [0.25, 0.3) is 0 Å². The average molecular weight is 1360 g/mol. The molecule has 3 atom stereocenters. The van der Waals surface area contributed by atoms with Gasteiger partial charge in [-0.05, 0) is 127 Å². The van der Waals surface area contributed by atoms with E-state index in [4.69, 9.17) is 45.2 Å². The second kappa shape index (κ2) is 41.9. The van der Waals surface area contributed by atoms with Gasteiger partial charge in [0.1, 0.15) is 18.9 Å². The van der Waals surface area contributed by atoms with E-state index in [0.717, 1.165) is 59.8 Å². The van der Waals surface area contributed by atoms with Gasteiger partial charge in [0.15, 0.2) is 0 Å². The molecule has 0 radical (unpaired) electrons. The number of anilines is 1. The molecule has 0 saturated carbocycles. The normalized spacial score (nSPS) is 17.2. The molecule has 35 heteroatoms. The minimum absolute atomic E-state index is 0.0175. The van der Waals surface area contributed by atoms with E-state index < -0.39 is 38.7 Å². The Morgan fingerprint density at radius 3 is 1.50 bits per heavy atom. The first-order valence-electron chi connectivity index (χ1n) is 25.7. The maximum absolute atomic E-state index is 12.5. The summed E-state index contributed by atoms with van der Waals surface area (Å²) >= 11 is 11.2. The number of hydrogen-bond acceptors (Lipinski definition) is 25. The number of benzene rings is 1. The zero-order chi connectivity index (χ0) is 60.4. The minimum Gasteiger partial charge on any atom is -0.413 e. The van der Waals surface area contributed by atoms with Crippen molar-refractivity contribution >= 4 is 140 Å². The predicted octanol–water partition coefficient (Wildman–Crippen LogP) is 15.6. The fourth-order valence-electron chi connectivity index (χ4n) is 5.71. The lowest BCUT2D eigenvalue weighted by Crippen LogP contribution is -2.24. The van der Waals surface area contributed by atoms with E-state index in [1.165, 1.54) is 19.1 Å². The number of aromatic nitrogens is 2. The van der Waals surface area contributed by atoms with Crippen molar-refractivity contribution in [3.63, 3.8) is 0 Å². The van der Waals surface area contributed by atoms with Gasteiger partial charge in [-0.3, -0.25) is 36.2 Å². The highest BCUT2D eigenvalue weighted by atomic mass is 32.3. The van der Waals surface area contributed by atoms with Crippen molar-refractivity contribution in [3.05, 3.63) is 35.5 Å². The summed E-state index contributed by atoms with van der Waals surface area (Å²) in [5, 5.41) is 6.86. The van der Waals surface area contributed by atoms with Crippen LogP contribution in [-0.4, -0.2) is 136 Å². The third-order valence-corrected chi connectivity index (χ3v) is 26.3. The highest BCUT2D eigenvalue weighted by Crippen LogP contribution is 2.55. The van der Waals surface area contributed by atoms with Gasteiger partial charge in [0.25, 0.3) is 0 Å². The van der Waals surface area contributed by atoms with E-state index in [1.807, 2.05) is 70.9 Å². The number of aryl methyl sites for hydroxylation is 2. The highest BCUT2D eigenvalue weighted by molar-refractivity contribution is 8.52. The van der Waals surface area contributed by atoms with Crippen LogP contribution in [0.1, 0.15) is 94.3 Å². The molecule has 2 aromatic rings. The van der Waals surface area contributed by atoms with E-state index >= 15 is 0 Å². The Kier molecular flexibility index (Phi) is 40.8. The largest absolute Gasteiger partial charge is 0.459 e. The third-order valence-electron chi connectivity index (χ3n) is 8.91. The van der Waals surface area contributed by atoms with E-state index in [2.05, 4.69) is 41.4 Å². The van der Waals surface area contributed by atoms with E-state index in [-0.39, 0.29) is 11.9 Å². The summed E-state index contributed by atoms with van der Waals surface area (Å²) in [5.74, 6) is 4.37. The van der Waals surface area contributed by atoms with Crippen LogP contribution < -0.4 is 24.1 Å². The summed E-state index contributed by atoms with van der Waals surface area (Å²) < 4.78 is 126. The smallest absolute Gasteiger partial charge is 0.413 e. The molecule has 0 bridgehead atoms. The van der Waals surface area contributed by atoms with Gasteiger partial charge in [-0.15, -0.1) is 11.8 Å². The molecule has 3 fully saturated rings. The van der Waals surface area contributed by atoms with Crippen molar-refractivity contribution in [1.29, 1.82) is 0 Å². The van der Waals surface area contributed by atoms with Crippen molar-refractivity contribution in [2.75, 3.05) is 107 Å².